The van der Waals surface area contributed by atoms with Crippen LogP contribution in [0.1, 0.15) is 30.5 Å². The molecule has 1 saturated heterocycles. The number of carbonyl (C=O) groups is 1. The molecular weight excluding hydrogens is 404 g/mol. The molecule has 0 saturated carbocycles. The van der Waals surface area contributed by atoms with Gasteiger partial charge >= 0.3 is 0 Å². The Labute approximate surface area is 186 Å². The van der Waals surface area contributed by atoms with Crippen molar-refractivity contribution in [1.82, 2.24) is 19.4 Å². The number of benzene rings is 1. The number of fused-ring (bicyclic) bond motifs is 1. The Morgan fingerprint density at radius 3 is 2.62 bits per heavy atom. The van der Waals surface area contributed by atoms with Gasteiger partial charge in [0.1, 0.15) is 29.4 Å². The third kappa shape index (κ3) is 3.95. The van der Waals surface area contributed by atoms with E-state index in [4.69, 9.17) is 5.73 Å². The second-order valence-corrected chi connectivity index (χ2v) is 7.98. The van der Waals surface area contributed by atoms with Crippen LogP contribution in [-0.4, -0.2) is 50.1 Å². The summed E-state index contributed by atoms with van der Waals surface area (Å²) in [6, 6.07) is 10.1. The van der Waals surface area contributed by atoms with Gasteiger partial charge in [-0.25, -0.2) is 9.97 Å². The third-order valence-corrected chi connectivity index (χ3v) is 5.81. The van der Waals surface area contributed by atoms with E-state index in [-0.39, 0.29) is 18.1 Å². The SMILES string of the molecule is Cc1ccc(-c2c(/C=C(\C#N)C(=O)N3CCCC3)n(CCCO)c3ncnc(N)c23)cc1. The maximum atomic E-state index is 13.0. The van der Waals surface area contributed by atoms with Gasteiger partial charge in [0.2, 0.25) is 0 Å². The fourth-order valence-corrected chi connectivity index (χ4v) is 4.20. The molecule has 3 N–H and O–H groups in total. The Balaban J connectivity index is 1.99. The minimum Gasteiger partial charge on any atom is -0.396 e. The minimum atomic E-state index is -0.266. The highest BCUT2D eigenvalue weighted by molar-refractivity contribution is 6.08. The van der Waals surface area contributed by atoms with Crippen LogP contribution >= 0.6 is 0 Å². The van der Waals surface area contributed by atoms with Crippen LogP contribution in [0.25, 0.3) is 28.2 Å². The van der Waals surface area contributed by atoms with E-state index < -0.39 is 0 Å². The molecule has 0 aliphatic carbocycles. The van der Waals surface area contributed by atoms with Crippen LogP contribution in [0.2, 0.25) is 0 Å². The number of likely N-dealkylation sites (tertiary alicyclic amines) is 1. The summed E-state index contributed by atoms with van der Waals surface area (Å²) in [5, 5.41) is 20.0. The van der Waals surface area contributed by atoms with Crippen molar-refractivity contribution in [3.05, 3.63) is 47.4 Å². The molecule has 1 fully saturated rings. The lowest BCUT2D eigenvalue weighted by atomic mass is 10.00. The molecule has 1 amide bonds. The van der Waals surface area contributed by atoms with Crippen molar-refractivity contribution in [2.75, 3.05) is 25.4 Å². The molecule has 0 radical (unpaired) electrons. The highest BCUT2D eigenvalue weighted by atomic mass is 16.3. The number of rotatable bonds is 6. The Kier molecular flexibility index (Phi) is 6.19. The Morgan fingerprint density at radius 1 is 1.25 bits per heavy atom. The summed E-state index contributed by atoms with van der Waals surface area (Å²) in [6.07, 6.45) is 5.42. The van der Waals surface area contributed by atoms with Crippen molar-refractivity contribution < 1.29 is 9.90 Å². The lowest BCUT2D eigenvalue weighted by molar-refractivity contribution is -0.125. The number of nitrogens with zero attached hydrogens (tertiary/aromatic N) is 5. The summed E-state index contributed by atoms with van der Waals surface area (Å²) in [5.74, 6) is 0.0604. The van der Waals surface area contributed by atoms with Crippen LogP contribution in [0.15, 0.2) is 36.2 Å². The molecule has 2 aromatic heterocycles. The fraction of sp³-hybridized carbons (Fsp3) is 0.333. The van der Waals surface area contributed by atoms with E-state index in [1.807, 2.05) is 35.8 Å². The summed E-state index contributed by atoms with van der Waals surface area (Å²) < 4.78 is 1.91. The second kappa shape index (κ2) is 9.20. The third-order valence-electron chi connectivity index (χ3n) is 5.81. The van der Waals surface area contributed by atoms with Gasteiger partial charge in [-0.05, 0) is 37.8 Å². The number of nitrogen functional groups attached to an aromatic ring is 1. The zero-order valence-corrected chi connectivity index (χ0v) is 18.1. The van der Waals surface area contributed by atoms with Crippen molar-refractivity contribution in [2.24, 2.45) is 0 Å². The lowest BCUT2D eigenvalue weighted by Crippen LogP contribution is -2.28. The van der Waals surface area contributed by atoms with Gasteiger partial charge in [0.15, 0.2) is 0 Å². The van der Waals surface area contributed by atoms with Crippen LogP contribution in [0.4, 0.5) is 5.82 Å². The number of nitriles is 1. The van der Waals surface area contributed by atoms with E-state index in [0.29, 0.717) is 48.6 Å². The van der Waals surface area contributed by atoms with E-state index >= 15 is 0 Å². The van der Waals surface area contributed by atoms with Gasteiger partial charge in [-0.15, -0.1) is 0 Å². The van der Waals surface area contributed by atoms with Crippen molar-refractivity contribution in [3.63, 3.8) is 0 Å². The molecule has 1 aliphatic rings. The molecule has 0 atom stereocenters. The number of carbonyl (C=O) groups excluding carboxylic acids is 1. The van der Waals surface area contributed by atoms with Crippen molar-refractivity contribution in [3.8, 4) is 17.2 Å². The largest absolute Gasteiger partial charge is 0.396 e. The zero-order valence-electron chi connectivity index (χ0n) is 18.1. The number of aliphatic hydroxyl groups is 1. The highest BCUT2D eigenvalue weighted by Gasteiger charge is 2.25. The molecule has 8 nitrogen and oxygen atoms in total. The van der Waals surface area contributed by atoms with Crippen molar-refractivity contribution in [1.29, 1.82) is 5.26 Å². The maximum absolute atomic E-state index is 13.0. The fourth-order valence-electron chi connectivity index (χ4n) is 4.20. The number of aryl methyl sites for hydroxylation is 2. The number of aromatic nitrogens is 3. The van der Waals surface area contributed by atoms with Crippen LogP contribution in [0, 0.1) is 18.3 Å². The van der Waals surface area contributed by atoms with Gasteiger partial charge in [0.05, 0.1) is 11.1 Å². The predicted molar refractivity (Wildman–Crippen MR) is 123 cm³/mol. The first-order valence-corrected chi connectivity index (χ1v) is 10.8. The first kappa shape index (κ1) is 21.5. The van der Waals surface area contributed by atoms with E-state index in [0.717, 1.165) is 29.5 Å². The number of anilines is 1. The van der Waals surface area contributed by atoms with Gasteiger partial charge in [-0.3, -0.25) is 4.79 Å². The molecule has 3 aromatic rings. The highest BCUT2D eigenvalue weighted by Crippen LogP contribution is 2.38. The lowest BCUT2D eigenvalue weighted by Gasteiger charge is -2.15. The summed E-state index contributed by atoms with van der Waals surface area (Å²) >= 11 is 0. The van der Waals surface area contributed by atoms with Crippen molar-refractivity contribution in [2.45, 2.75) is 32.7 Å². The zero-order chi connectivity index (χ0) is 22.7. The van der Waals surface area contributed by atoms with Crippen LogP contribution < -0.4 is 5.73 Å². The molecule has 1 aromatic carbocycles. The van der Waals surface area contributed by atoms with E-state index in [1.54, 1.807) is 11.0 Å². The minimum absolute atomic E-state index is 0.00107. The number of amides is 1. The van der Waals surface area contributed by atoms with Crippen LogP contribution in [0.5, 0.6) is 0 Å². The Bertz CT molecular complexity index is 1210. The second-order valence-electron chi connectivity index (χ2n) is 7.98. The topological polar surface area (TPSA) is 121 Å². The Hall–Kier alpha value is -3.70. The normalized spacial score (nSPS) is 14.2. The molecule has 0 unspecified atom stereocenters. The van der Waals surface area contributed by atoms with Gasteiger partial charge in [-0.1, -0.05) is 29.8 Å². The molecule has 32 heavy (non-hydrogen) atoms. The Morgan fingerprint density at radius 2 is 1.97 bits per heavy atom. The van der Waals surface area contributed by atoms with Gasteiger partial charge in [-0.2, -0.15) is 5.26 Å². The predicted octanol–water partition coefficient (Wildman–Crippen LogP) is 2.90. The molecule has 164 valence electrons. The van der Waals surface area contributed by atoms with E-state index in [9.17, 15) is 15.2 Å². The number of nitrogens with two attached hydrogens (primary N) is 1. The monoisotopic (exact) mass is 430 g/mol. The van der Waals surface area contributed by atoms with Gasteiger partial charge in [0.25, 0.3) is 5.91 Å². The van der Waals surface area contributed by atoms with Crippen LogP contribution in [-0.2, 0) is 11.3 Å². The summed E-state index contributed by atoms with van der Waals surface area (Å²) in [5.41, 5.74) is 10.4. The molecule has 1 aliphatic heterocycles. The quantitative estimate of drug-likeness (QED) is 0.458. The van der Waals surface area contributed by atoms with E-state index in [1.165, 1.54) is 6.33 Å². The summed E-state index contributed by atoms with van der Waals surface area (Å²) in [7, 11) is 0. The standard InChI is InChI=1S/C24H26N6O2/c1-16-5-7-17(8-6-16)20-19(13-18(14-25)24(32)29-9-2-3-10-29)30(11-4-12-31)23-21(20)22(26)27-15-28-23/h5-8,13,15,31H,2-4,9-12H2,1H3,(H2,26,27,28)/b18-13+. The summed E-state index contributed by atoms with van der Waals surface area (Å²) in [4.78, 5) is 23.4. The number of aliphatic hydroxyl groups excluding tert-OH is 1. The molecule has 8 heteroatoms. The molecule has 3 heterocycles. The van der Waals surface area contributed by atoms with E-state index in [2.05, 4.69) is 16.0 Å². The van der Waals surface area contributed by atoms with Crippen LogP contribution in [0.3, 0.4) is 0 Å². The number of hydrogen-bond acceptors (Lipinski definition) is 6. The summed E-state index contributed by atoms with van der Waals surface area (Å²) in [6.45, 7) is 3.79. The average molecular weight is 431 g/mol. The first-order valence-electron chi connectivity index (χ1n) is 10.8. The average Bonchev–Trinajstić information content (AvgIpc) is 3.44. The smallest absolute Gasteiger partial charge is 0.264 e. The molecule has 0 spiro atoms. The molecular formula is C24H26N6O2. The van der Waals surface area contributed by atoms with Gasteiger partial charge < -0.3 is 20.3 Å². The molecule has 0 bridgehead atoms. The first-order chi connectivity index (χ1) is 15.5. The molecule has 4 rings (SSSR count). The number of hydrogen-bond donors (Lipinski definition) is 2. The van der Waals surface area contributed by atoms with Crippen molar-refractivity contribution >= 4 is 28.8 Å². The maximum Gasteiger partial charge on any atom is 0.264 e. The van der Waals surface area contributed by atoms with Gasteiger partial charge in [0, 0.05) is 31.8 Å².